The van der Waals surface area contributed by atoms with E-state index in [0.29, 0.717) is 17.6 Å². The number of aromatic nitrogens is 2. The van der Waals surface area contributed by atoms with Crippen LogP contribution in [0, 0.1) is 5.82 Å². The molecule has 0 unspecified atom stereocenters. The maximum absolute atomic E-state index is 12.9. The lowest BCUT2D eigenvalue weighted by atomic mass is 10.2. The lowest BCUT2D eigenvalue weighted by Gasteiger charge is -1.99. The number of fused-ring (bicyclic) bond motifs is 1. The van der Waals surface area contributed by atoms with Crippen LogP contribution in [0.3, 0.4) is 0 Å². The first-order valence-electron chi connectivity index (χ1n) is 4.52. The van der Waals surface area contributed by atoms with Crippen molar-refractivity contribution >= 4 is 10.9 Å². The second-order valence-electron chi connectivity index (χ2n) is 3.08. The van der Waals surface area contributed by atoms with Gasteiger partial charge in [0.05, 0.1) is 17.8 Å². The number of hydrogen-bond acceptors (Lipinski definition) is 2. The molecule has 0 saturated carbocycles. The van der Waals surface area contributed by atoms with Crippen molar-refractivity contribution in [2.45, 2.75) is 20.1 Å². The molecule has 0 aliphatic heterocycles. The van der Waals surface area contributed by atoms with Crippen LogP contribution in [0.15, 0.2) is 18.2 Å². The third-order valence-corrected chi connectivity index (χ3v) is 2.26. The van der Waals surface area contributed by atoms with Gasteiger partial charge in [-0.2, -0.15) is 5.10 Å². The summed E-state index contributed by atoms with van der Waals surface area (Å²) in [7, 11) is 0. The minimum atomic E-state index is -0.303. The highest BCUT2D eigenvalue weighted by Gasteiger charge is 2.09. The summed E-state index contributed by atoms with van der Waals surface area (Å²) in [6.07, 6.45) is 0. The van der Waals surface area contributed by atoms with Crippen LogP contribution in [0.25, 0.3) is 10.9 Å². The molecule has 0 radical (unpaired) electrons. The van der Waals surface area contributed by atoms with Gasteiger partial charge in [0.2, 0.25) is 0 Å². The molecule has 4 heteroatoms. The van der Waals surface area contributed by atoms with E-state index in [4.69, 9.17) is 5.11 Å². The van der Waals surface area contributed by atoms with E-state index < -0.39 is 0 Å². The van der Waals surface area contributed by atoms with Crippen LogP contribution in [0.4, 0.5) is 4.39 Å². The monoisotopic (exact) mass is 194 g/mol. The Morgan fingerprint density at radius 3 is 2.93 bits per heavy atom. The van der Waals surface area contributed by atoms with Crippen molar-refractivity contribution in [2.75, 3.05) is 0 Å². The Bertz CT molecular complexity index is 464. The zero-order valence-electron chi connectivity index (χ0n) is 7.87. The maximum atomic E-state index is 12.9. The van der Waals surface area contributed by atoms with Crippen molar-refractivity contribution in [3.05, 3.63) is 29.7 Å². The zero-order chi connectivity index (χ0) is 10.1. The molecule has 0 spiro atoms. The molecule has 0 fully saturated rings. The highest BCUT2D eigenvalue weighted by atomic mass is 19.1. The highest BCUT2D eigenvalue weighted by Crippen LogP contribution is 2.19. The number of nitrogens with zero attached hydrogens (tertiary/aromatic N) is 2. The van der Waals surface area contributed by atoms with Gasteiger partial charge in [0.1, 0.15) is 5.82 Å². The van der Waals surface area contributed by atoms with Crippen LogP contribution >= 0.6 is 0 Å². The fourth-order valence-corrected chi connectivity index (χ4v) is 1.58. The fraction of sp³-hybridized carbons (Fsp3) is 0.300. The third kappa shape index (κ3) is 1.28. The van der Waals surface area contributed by atoms with Gasteiger partial charge >= 0.3 is 0 Å². The summed E-state index contributed by atoms with van der Waals surface area (Å²) in [6, 6.07) is 4.40. The Hall–Kier alpha value is -1.42. The van der Waals surface area contributed by atoms with Crippen LogP contribution in [-0.2, 0) is 13.2 Å². The Kier molecular flexibility index (Phi) is 2.21. The molecule has 0 aliphatic carbocycles. The van der Waals surface area contributed by atoms with Crippen LogP contribution in [0.2, 0.25) is 0 Å². The number of benzene rings is 1. The third-order valence-electron chi connectivity index (χ3n) is 2.26. The van der Waals surface area contributed by atoms with Gasteiger partial charge in [-0.3, -0.25) is 4.68 Å². The van der Waals surface area contributed by atoms with Crippen LogP contribution in [0.5, 0.6) is 0 Å². The smallest absolute Gasteiger partial charge is 0.124 e. The van der Waals surface area contributed by atoms with E-state index in [0.717, 1.165) is 5.52 Å². The molecule has 3 nitrogen and oxygen atoms in total. The molecule has 1 heterocycles. The van der Waals surface area contributed by atoms with Gasteiger partial charge in [-0.15, -0.1) is 0 Å². The van der Waals surface area contributed by atoms with E-state index in [1.54, 1.807) is 10.7 Å². The van der Waals surface area contributed by atoms with Crippen molar-refractivity contribution in [3.8, 4) is 0 Å². The molecular formula is C10H11FN2O. The second-order valence-corrected chi connectivity index (χ2v) is 3.08. The normalized spacial score (nSPS) is 11.1. The summed E-state index contributed by atoms with van der Waals surface area (Å²) in [6.45, 7) is 2.49. The molecule has 2 rings (SSSR count). The number of aryl methyl sites for hydroxylation is 1. The topological polar surface area (TPSA) is 38.0 Å². The maximum Gasteiger partial charge on any atom is 0.124 e. The first-order valence-corrected chi connectivity index (χ1v) is 4.52. The summed E-state index contributed by atoms with van der Waals surface area (Å²) in [5.74, 6) is -0.303. The highest BCUT2D eigenvalue weighted by molar-refractivity contribution is 5.81. The first kappa shape index (κ1) is 9.15. The van der Waals surface area contributed by atoms with Gasteiger partial charge in [-0.1, -0.05) is 0 Å². The van der Waals surface area contributed by atoms with Crippen LogP contribution < -0.4 is 0 Å². The van der Waals surface area contributed by atoms with Gasteiger partial charge in [-0.25, -0.2) is 4.39 Å². The van der Waals surface area contributed by atoms with Crippen LogP contribution in [-0.4, -0.2) is 14.9 Å². The van der Waals surface area contributed by atoms with E-state index in [1.807, 2.05) is 6.92 Å². The molecule has 1 N–H and O–H groups in total. The van der Waals surface area contributed by atoms with E-state index >= 15 is 0 Å². The summed E-state index contributed by atoms with van der Waals surface area (Å²) >= 11 is 0. The molecule has 1 aromatic carbocycles. The molecule has 74 valence electrons. The molecule has 0 bridgehead atoms. The SMILES string of the molecule is CCn1nc2ccc(F)cc2c1CO. The Balaban J connectivity index is 2.74. The zero-order valence-corrected chi connectivity index (χ0v) is 7.87. The fourth-order valence-electron chi connectivity index (χ4n) is 1.58. The summed E-state index contributed by atoms with van der Waals surface area (Å²) in [5, 5.41) is 14.1. The molecule has 1 aromatic heterocycles. The minimum Gasteiger partial charge on any atom is -0.390 e. The Morgan fingerprint density at radius 1 is 1.50 bits per heavy atom. The quantitative estimate of drug-likeness (QED) is 0.790. The van der Waals surface area contributed by atoms with Crippen molar-refractivity contribution < 1.29 is 9.50 Å². The number of hydrogen-bond donors (Lipinski definition) is 1. The lowest BCUT2D eigenvalue weighted by Crippen LogP contribution is -2.01. The molecule has 0 atom stereocenters. The van der Waals surface area contributed by atoms with Crippen molar-refractivity contribution in [1.82, 2.24) is 9.78 Å². The van der Waals surface area contributed by atoms with E-state index in [2.05, 4.69) is 5.10 Å². The number of rotatable bonds is 2. The van der Waals surface area contributed by atoms with E-state index in [1.165, 1.54) is 12.1 Å². The van der Waals surface area contributed by atoms with Gasteiger partial charge < -0.3 is 5.11 Å². The van der Waals surface area contributed by atoms with Crippen molar-refractivity contribution in [3.63, 3.8) is 0 Å². The summed E-state index contributed by atoms with van der Waals surface area (Å²) in [4.78, 5) is 0. The molecular weight excluding hydrogens is 183 g/mol. The second kappa shape index (κ2) is 3.38. The van der Waals surface area contributed by atoms with Crippen molar-refractivity contribution in [2.24, 2.45) is 0 Å². The standard InChI is InChI=1S/C10H11FN2O/c1-2-13-10(6-14)8-5-7(11)3-4-9(8)12-13/h3-5,14H,2,6H2,1H3. The summed E-state index contributed by atoms with van der Waals surface area (Å²) in [5.41, 5.74) is 1.39. The van der Waals surface area contributed by atoms with E-state index in [9.17, 15) is 4.39 Å². The predicted octanol–water partition coefficient (Wildman–Crippen LogP) is 1.69. The van der Waals surface area contributed by atoms with Crippen molar-refractivity contribution in [1.29, 1.82) is 0 Å². The molecule has 14 heavy (non-hydrogen) atoms. The minimum absolute atomic E-state index is 0.117. The largest absolute Gasteiger partial charge is 0.390 e. The average Bonchev–Trinajstić information content (AvgIpc) is 2.54. The number of aliphatic hydroxyl groups is 1. The predicted molar refractivity (Wildman–Crippen MR) is 51.3 cm³/mol. The number of halogens is 1. The lowest BCUT2D eigenvalue weighted by molar-refractivity contribution is 0.270. The van der Waals surface area contributed by atoms with Gasteiger partial charge in [0, 0.05) is 11.9 Å². The van der Waals surface area contributed by atoms with E-state index in [-0.39, 0.29) is 12.4 Å². The molecule has 2 aromatic rings. The van der Waals surface area contributed by atoms with Gasteiger partial charge in [0.15, 0.2) is 0 Å². The Morgan fingerprint density at radius 2 is 2.29 bits per heavy atom. The van der Waals surface area contributed by atoms with Crippen LogP contribution in [0.1, 0.15) is 12.6 Å². The average molecular weight is 194 g/mol. The molecule has 0 saturated heterocycles. The van der Waals surface area contributed by atoms with Gasteiger partial charge in [0.25, 0.3) is 0 Å². The first-order chi connectivity index (χ1) is 6.76. The molecule has 0 amide bonds. The molecule has 0 aliphatic rings. The summed E-state index contributed by atoms with van der Waals surface area (Å²) < 4.78 is 14.6. The number of aliphatic hydroxyl groups excluding tert-OH is 1. The van der Waals surface area contributed by atoms with Gasteiger partial charge in [-0.05, 0) is 25.1 Å². The Labute approximate surface area is 80.8 Å².